The van der Waals surface area contributed by atoms with Crippen molar-refractivity contribution < 1.29 is 0 Å². The van der Waals surface area contributed by atoms with Gasteiger partial charge in [-0.2, -0.15) is 0 Å². The molecular formula is C18H25N. The SMILES string of the molecule is CNC(C1CC1c1ccccc1)C1C2CCCCC21. The van der Waals surface area contributed by atoms with Crippen LogP contribution in [0.2, 0.25) is 0 Å². The van der Waals surface area contributed by atoms with Crippen molar-refractivity contribution in [2.75, 3.05) is 7.05 Å². The second-order valence-corrected chi connectivity index (χ2v) is 6.92. The fraction of sp³-hybridized carbons (Fsp3) is 0.667. The molecular weight excluding hydrogens is 230 g/mol. The van der Waals surface area contributed by atoms with Crippen molar-refractivity contribution in [3.05, 3.63) is 35.9 Å². The van der Waals surface area contributed by atoms with Gasteiger partial charge < -0.3 is 5.32 Å². The molecule has 3 saturated carbocycles. The average Bonchev–Trinajstić information content (AvgIpc) is 3.37. The molecule has 5 atom stereocenters. The van der Waals surface area contributed by atoms with Crippen molar-refractivity contribution in [2.24, 2.45) is 23.7 Å². The number of benzene rings is 1. The first-order valence-electron chi connectivity index (χ1n) is 8.12. The summed E-state index contributed by atoms with van der Waals surface area (Å²) in [4.78, 5) is 0. The first kappa shape index (κ1) is 12.0. The topological polar surface area (TPSA) is 12.0 Å². The van der Waals surface area contributed by atoms with Gasteiger partial charge in [-0.15, -0.1) is 0 Å². The Balaban J connectivity index is 1.45. The molecule has 0 heterocycles. The van der Waals surface area contributed by atoms with Gasteiger partial charge in [-0.05, 0) is 61.5 Å². The van der Waals surface area contributed by atoms with Crippen LogP contribution in [0.15, 0.2) is 30.3 Å². The van der Waals surface area contributed by atoms with Gasteiger partial charge in [-0.3, -0.25) is 0 Å². The number of rotatable bonds is 4. The molecule has 0 saturated heterocycles. The Hall–Kier alpha value is -0.820. The number of nitrogens with one attached hydrogen (secondary N) is 1. The van der Waals surface area contributed by atoms with Crippen molar-refractivity contribution in [2.45, 2.75) is 44.1 Å². The lowest BCUT2D eigenvalue weighted by atomic mass is 10.00. The zero-order valence-electron chi connectivity index (χ0n) is 11.9. The van der Waals surface area contributed by atoms with Gasteiger partial charge in [0, 0.05) is 6.04 Å². The molecule has 1 aromatic rings. The lowest BCUT2D eigenvalue weighted by molar-refractivity contribution is 0.410. The van der Waals surface area contributed by atoms with Crippen LogP contribution in [0.4, 0.5) is 0 Å². The van der Waals surface area contributed by atoms with E-state index in [1.54, 1.807) is 5.56 Å². The molecule has 102 valence electrons. The molecule has 1 nitrogen and oxygen atoms in total. The third kappa shape index (κ3) is 2.03. The highest BCUT2D eigenvalue weighted by atomic mass is 14.9. The molecule has 0 radical (unpaired) electrons. The van der Waals surface area contributed by atoms with E-state index in [4.69, 9.17) is 0 Å². The van der Waals surface area contributed by atoms with E-state index in [-0.39, 0.29) is 0 Å². The summed E-state index contributed by atoms with van der Waals surface area (Å²) < 4.78 is 0. The van der Waals surface area contributed by atoms with Crippen LogP contribution < -0.4 is 5.32 Å². The maximum Gasteiger partial charge on any atom is 0.0132 e. The van der Waals surface area contributed by atoms with E-state index >= 15 is 0 Å². The number of hydrogen-bond donors (Lipinski definition) is 1. The molecule has 3 fully saturated rings. The lowest BCUT2D eigenvalue weighted by Gasteiger charge is -2.17. The van der Waals surface area contributed by atoms with Gasteiger partial charge in [0.15, 0.2) is 0 Å². The highest BCUT2D eigenvalue weighted by Crippen LogP contribution is 2.62. The zero-order valence-corrected chi connectivity index (χ0v) is 11.9. The third-order valence-corrected chi connectivity index (χ3v) is 6.00. The fourth-order valence-electron chi connectivity index (χ4n) is 4.97. The van der Waals surface area contributed by atoms with E-state index in [1.807, 2.05) is 0 Å². The molecule has 3 aliphatic carbocycles. The second kappa shape index (κ2) is 4.63. The van der Waals surface area contributed by atoms with E-state index in [2.05, 4.69) is 42.7 Å². The quantitative estimate of drug-likeness (QED) is 0.862. The normalized spacial score (nSPS) is 41.4. The van der Waals surface area contributed by atoms with Crippen LogP contribution in [0.5, 0.6) is 0 Å². The minimum absolute atomic E-state index is 0.790. The fourth-order valence-corrected chi connectivity index (χ4v) is 4.97. The van der Waals surface area contributed by atoms with E-state index in [1.165, 1.54) is 32.1 Å². The van der Waals surface area contributed by atoms with Crippen LogP contribution in [-0.4, -0.2) is 13.1 Å². The Morgan fingerprint density at radius 2 is 1.74 bits per heavy atom. The predicted octanol–water partition coefficient (Wildman–Crippen LogP) is 3.81. The van der Waals surface area contributed by atoms with Crippen LogP contribution in [0.1, 0.15) is 43.6 Å². The summed E-state index contributed by atoms with van der Waals surface area (Å²) in [7, 11) is 2.19. The molecule has 0 aliphatic heterocycles. The monoisotopic (exact) mass is 255 g/mol. The number of hydrogen-bond acceptors (Lipinski definition) is 1. The third-order valence-electron chi connectivity index (χ3n) is 6.00. The molecule has 0 amide bonds. The maximum atomic E-state index is 3.68. The molecule has 0 spiro atoms. The molecule has 3 aliphatic rings. The highest BCUT2D eigenvalue weighted by Gasteiger charge is 2.58. The standard InChI is InChI=1S/C18H25N/c1-19-18(17-13-9-5-6-10-14(13)17)16-11-15(16)12-7-3-2-4-8-12/h2-4,7-8,13-19H,5-6,9-11H2,1H3. The number of fused-ring (bicyclic) bond motifs is 1. The summed E-state index contributed by atoms with van der Waals surface area (Å²) in [5.74, 6) is 4.89. The Morgan fingerprint density at radius 3 is 2.37 bits per heavy atom. The molecule has 0 aromatic heterocycles. The van der Waals surface area contributed by atoms with Gasteiger partial charge in [0.25, 0.3) is 0 Å². The Morgan fingerprint density at radius 1 is 1.05 bits per heavy atom. The molecule has 1 aromatic carbocycles. The summed E-state index contributed by atoms with van der Waals surface area (Å²) in [6, 6.07) is 11.9. The molecule has 19 heavy (non-hydrogen) atoms. The summed E-state index contributed by atoms with van der Waals surface area (Å²) >= 11 is 0. The van der Waals surface area contributed by atoms with Crippen molar-refractivity contribution in [3.63, 3.8) is 0 Å². The van der Waals surface area contributed by atoms with Gasteiger partial charge >= 0.3 is 0 Å². The van der Waals surface area contributed by atoms with Crippen molar-refractivity contribution in [1.29, 1.82) is 0 Å². The molecule has 1 N–H and O–H groups in total. The van der Waals surface area contributed by atoms with Gasteiger partial charge in [0.2, 0.25) is 0 Å². The van der Waals surface area contributed by atoms with E-state index < -0.39 is 0 Å². The molecule has 4 rings (SSSR count). The van der Waals surface area contributed by atoms with Crippen LogP contribution in [0.25, 0.3) is 0 Å². The van der Waals surface area contributed by atoms with Crippen LogP contribution in [0, 0.1) is 23.7 Å². The first-order valence-corrected chi connectivity index (χ1v) is 8.12. The van der Waals surface area contributed by atoms with E-state index in [0.29, 0.717) is 0 Å². The van der Waals surface area contributed by atoms with Gasteiger partial charge in [-0.25, -0.2) is 0 Å². The van der Waals surface area contributed by atoms with Crippen molar-refractivity contribution in [3.8, 4) is 0 Å². The minimum Gasteiger partial charge on any atom is -0.316 e. The Kier molecular flexibility index (Phi) is 2.91. The van der Waals surface area contributed by atoms with Gasteiger partial charge in [0.05, 0.1) is 0 Å². The van der Waals surface area contributed by atoms with E-state index in [9.17, 15) is 0 Å². The smallest absolute Gasteiger partial charge is 0.0132 e. The largest absolute Gasteiger partial charge is 0.316 e. The van der Waals surface area contributed by atoms with Gasteiger partial charge in [-0.1, -0.05) is 43.2 Å². The van der Waals surface area contributed by atoms with Crippen LogP contribution in [-0.2, 0) is 0 Å². The van der Waals surface area contributed by atoms with Crippen LogP contribution >= 0.6 is 0 Å². The summed E-state index contributed by atoms with van der Waals surface area (Å²) in [6.45, 7) is 0. The van der Waals surface area contributed by atoms with E-state index in [0.717, 1.165) is 35.6 Å². The van der Waals surface area contributed by atoms with Crippen molar-refractivity contribution in [1.82, 2.24) is 5.32 Å². The lowest BCUT2D eigenvalue weighted by Crippen LogP contribution is -2.31. The van der Waals surface area contributed by atoms with Gasteiger partial charge in [0.1, 0.15) is 0 Å². The minimum atomic E-state index is 0.790. The van der Waals surface area contributed by atoms with Crippen LogP contribution in [0.3, 0.4) is 0 Å². The second-order valence-electron chi connectivity index (χ2n) is 6.92. The molecule has 5 unspecified atom stereocenters. The highest BCUT2D eigenvalue weighted by molar-refractivity contribution is 5.28. The first-order chi connectivity index (χ1) is 9.40. The molecule has 0 bridgehead atoms. The Bertz CT molecular complexity index is 428. The average molecular weight is 255 g/mol. The Labute approximate surface area is 116 Å². The van der Waals surface area contributed by atoms with Crippen molar-refractivity contribution >= 4 is 0 Å². The predicted molar refractivity (Wildman–Crippen MR) is 79.1 cm³/mol. The summed E-state index contributed by atoms with van der Waals surface area (Å²) in [6.07, 6.45) is 7.40. The summed E-state index contributed by atoms with van der Waals surface area (Å²) in [5.41, 5.74) is 1.57. The molecule has 1 heteroatoms. The zero-order chi connectivity index (χ0) is 12.8. The summed E-state index contributed by atoms with van der Waals surface area (Å²) in [5, 5.41) is 3.68. The maximum absolute atomic E-state index is 3.68.